The molecule has 1 unspecified atom stereocenters. The highest BCUT2D eigenvalue weighted by Gasteiger charge is 2.25. The van der Waals surface area contributed by atoms with Gasteiger partial charge in [0, 0.05) is 32.3 Å². The number of methoxy groups -OCH3 is 1. The number of nitrogens with zero attached hydrogens (tertiary/aromatic N) is 2. The van der Waals surface area contributed by atoms with E-state index >= 15 is 0 Å². The summed E-state index contributed by atoms with van der Waals surface area (Å²) in [6.07, 6.45) is 3.10. The minimum atomic E-state index is -0.224. The van der Waals surface area contributed by atoms with Crippen molar-refractivity contribution in [2.45, 2.75) is 25.3 Å². The van der Waals surface area contributed by atoms with Gasteiger partial charge in [0.05, 0.1) is 19.8 Å². The van der Waals surface area contributed by atoms with Gasteiger partial charge in [0.25, 0.3) is 11.8 Å². The third-order valence-corrected chi connectivity index (χ3v) is 4.38. The number of aromatic nitrogens is 1. The van der Waals surface area contributed by atoms with Gasteiger partial charge in [-0.2, -0.15) is 0 Å². The lowest BCUT2D eigenvalue weighted by molar-refractivity contribution is 0.0866. The Hall–Kier alpha value is -1.60. The highest BCUT2D eigenvalue weighted by atomic mass is 16.5. The van der Waals surface area contributed by atoms with Crippen molar-refractivity contribution in [2.24, 2.45) is 5.92 Å². The van der Waals surface area contributed by atoms with Crippen LogP contribution in [0.5, 0.6) is 5.88 Å². The monoisotopic (exact) mass is 309 g/mol. The van der Waals surface area contributed by atoms with Gasteiger partial charge in [-0.1, -0.05) is 0 Å². The maximum Gasteiger partial charge on any atom is 0.290 e. The molecule has 7 heteroatoms. The molecular weight excluding hydrogens is 286 g/mol. The molecule has 1 N–H and O–H groups in total. The average molecular weight is 309 g/mol. The van der Waals surface area contributed by atoms with Crippen LogP contribution in [0, 0.1) is 5.92 Å². The summed E-state index contributed by atoms with van der Waals surface area (Å²) < 4.78 is 15.3. The van der Waals surface area contributed by atoms with E-state index in [-0.39, 0.29) is 17.7 Å². The van der Waals surface area contributed by atoms with E-state index in [1.54, 1.807) is 0 Å². The minimum Gasteiger partial charge on any atom is -0.479 e. The zero-order valence-corrected chi connectivity index (χ0v) is 12.9. The van der Waals surface area contributed by atoms with Gasteiger partial charge in [-0.3, -0.25) is 4.79 Å². The number of rotatable bonds is 5. The summed E-state index contributed by atoms with van der Waals surface area (Å²) in [6, 6.07) is 1.70. The number of carbonyl (C=O) groups excluding carboxylic acids is 1. The van der Waals surface area contributed by atoms with Crippen LogP contribution in [0.2, 0.25) is 0 Å². The molecular formula is C15H23N3O4. The zero-order valence-electron chi connectivity index (χ0n) is 12.9. The van der Waals surface area contributed by atoms with E-state index in [0.29, 0.717) is 11.8 Å². The van der Waals surface area contributed by atoms with Gasteiger partial charge >= 0.3 is 0 Å². The first kappa shape index (κ1) is 15.3. The van der Waals surface area contributed by atoms with Crippen LogP contribution in [-0.4, -0.2) is 62.0 Å². The van der Waals surface area contributed by atoms with E-state index in [4.69, 9.17) is 14.0 Å². The van der Waals surface area contributed by atoms with Crippen molar-refractivity contribution >= 4 is 5.91 Å². The van der Waals surface area contributed by atoms with Crippen molar-refractivity contribution in [1.29, 1.82) is 0 Å². The highest BCUT2D eigenvalue weighted by molar-refractivity contribution is 5.91. The number of nitrogens with one attached hydrogen (secondary N) is 1. The summed E-state index contributed by atoms with van der Waals surface area (Å²) in [6.45, 7) is 4.93. The summed E-state index contributed by atoms with van der Waals surface area (Å²) in [5, 5.41) is 6.65. The maximum absolute atomic E-state index is 12.1. The van der Waals surface area contributed by atoms with Crippen molar-refractivity contribution in [3.8, 4) is 5.88 Å². The molecule has 3 heterocycles. The molecule has 2 fully saturated rings. The number of piperidine rings is 1. The van der Waals surface area contributed by atoms with Crippen molar-refractivity contribution in [1.82, 2.24) is 15.4 Å². The molecule has 1 atom stereocenters. The lowest BCUT2D eigenvalue weighted by Crippen LogP contribution is -2.45. The van der Waals surface area contributed by atoms with Crippen molar-refractivity contribution in [3.05, 3.63) is 11.8 Å². The molecule has 2 saturated heterocycles. The molecule has 0 aliphatic carbocycles. The molecule has 1 aromatic rings. The minimum absolute atomic E-state index is 0.194. The summed E-state index contributed by atoms with van der Waals surface area (Å²) in [7, 11) is 1.49. The standard InChI is InChI=1S/C15H23N3O4/c1-20-14-8-13(22-17-14)15(19)16-12-2-5-18(6-3-12)9-11-4-7-21-10-11/h8,11-12H,2-7,9-10H2,1H3,(H,16,19). The molecule has 0 aromatic carbocycles. The van der Waals surface area contributed by atoms with Crippen LogP contribution in [0.15, 0.2) is 10.6 Å². The Labute approximate surface area is 129 Å². The molecule has 2 aliphatic rings. The van der Waals surface area contributed by atoms with Crippen LogP contribution in [0.3, 0.4) is 0 Å². The number of hydrogen-bond donors (Lipinski definition) is 1. The number of carbonyl (C=O) groups is 1. The molecule has 7 nitrogen and oxygen atoms in total. The molecule has 1 aromatic heterocycles. The number of amides is 1. The molecule has 0 radical (unpaired) electrons. The van der Waals surface area contributed by atoms with E-state index in [1.165, 1.54) is 19.6 Å². The lowest BCUT2D eigenvalue weighted by atomic mass is 10.0. The second-order valence-electron chi connectivity index (χ2n) is 6.01. The molecule has 1 amide bonds. The Morgan fingerprint density at radius 3 is 2.91 bits per heavy atom. The lowest BCUT2D eigenvalue weighted by Gasteiger charge is -2.33. The molecule has 2 aliphatic heterocycles. The Morgan fingerprint density at radius 2 is 2.27 bits per heavy atom. The smallest absolute Gasteiger partial charge is 0.290 e. The van der Waals surface area contributed by atoms with Crippen molar-refractivity contribution in [3.63, 3.8) is 0 Å². The van der Waals surface area contributed by atoms with Crippen LogP contribution in [-0.2, 0) is 4.74 Å². The fourth-order valence-corrected chi connectivity index (χ4v) is 3.07. The summed E-state index contributed by atoms with van der Waals surface area (Å²) >= 11 is 0. The Bertz CT molecular complexity index is 491. The van der Waals surface area contributed by atoms with E-state index in [2.05, 4.69) is 15.4 Å². The third kappa shape index (κ3) is 3.78. The predicted molar refractivity (Wildman–Crippen MR) is 78.9 cm³/mol. The van der Waals surface area contributed by atoms with Crippen LogP contribution < -0.4 is 10.1 Å². The van der Waals surface area contributed by atoms with Crippen LogP contribution in [0.4, 0.5) is 0 Å². The summed E-state index contributed by atoms with van der Waals surface area (Å²) in [4.78, 5) is 14.5. The Kier molecular flexibility index (Phi) is 4.94. The van der Waals surface area contributed by atoms with Crippen LogP contribution in [0.25, 0.3) is 0 Å². The van der Waals surface area contributed by atoms with E-state index in [9.17, 15) is 4.79 Å². The molecule has 0 saturated carbocycles. The SMILES string of the molecule is COc1cc(C(=O)NC2CCN(CC3CCOC3)CC2)on1. The van der Waals surface area contributed by atoms with Crippen molar-refractivity contribution in [2.75, 3.05) is 40.0 Å². The van der Waals surface area contributed by atoms with Gasteiger partial charge < -0.3 is 24.2 Å². The number of hydrogen-bond acceptors (Lipinski definition) is 6. The summed E-state index contributed by atoms with van der Waals surface area (Å²) in [5.41, 5.74) is 0. The number of ether oxygens (including phenoxy) is 2. The predicted octanol–water partition coefficient (Wildman–Crippen LogP) is 0.914. The average Bonchev–Trinajstić information content (AvgIpc) is 3.20. The van der Waals surface area contributed by atoms with E-state index in [1.807, 2.05) is 0 Å². The molecule has 0 spiro atoms. The van der Waals surface area contributed by atoms with Gasteiger partial charge in [0.1, 0.15) is 0 Å². The van der Waals surface area contributed by atoms with Crippen molar-refractivity contribution < 1.29 is 18.8 Å². The normalized spacial score (nSPS) is 23.6. The molecule has 122 valence electrons. The first-order valence-electron chi connectivity index (χ1n) is 7.86. The second-order valence-corrected chi connectivity index (χ2v) is 6.01. The first-order chi connectivity index (χ1) is 10.7. The Balaban J connectivity index is 1.42. The van der Waals surface area contributed by atoms with Gasteiger partial charge in [-0.25, -0.2) is 0 Å². The van der Waals surface area contributed by atoms with E-state index in [0.717, 1.165) is 45.7 Å². The fraction of sp³-hybridized carbons (Fsp3) is 0.733. The molecule has 3 rings (SSSR count). The van der Waals surface area contributed by atoms with E-state index < -0.39 is 0 Å². The van der Waals surface area contributed by atoms with Gasteiger partial charge in [0.15, 0.2) is 0 Å². The zero-order chi connectivity index (χ0) is 15.4. The topological polar surface area (TPSA) is 76.8 Å². The third-order valence-electron chi connectivity index (χ3n) is 4.38. The molecule has 22 heavy (non-hydrogen) atoms. The Morgan fingerprint density at radius 1 is 1.45 bits per heavy atom. The van der Waals surface area contributed by atoms with Crippen LogP contribution >= 0.6 is 0 Å². The van der Waals surface area contributed by atoms with Gasteiger partial charge in [0.2, 0.25) is 5.76 Å². The summed E-state index contributed by atoms with van der Waals surface area (Å²) in [5.74, 6) is 0.965. The van der Waals surface area contributed by atoms with Crippen LogP contribution in [0.1, 0.15) is 29.8 Å². The largest absolute Gasteiger partial charge is 0.479 e. The van der Waals surface area contributed by atoms with Gasteiger partial charge in [-0.05, 0) is 30.3 Å². The number of likely N-dealkylation sites (tertiary alicyclic amines) is 1. The van der Waals surface area contributed by atoms with Gasteiger partial charge in [-0.15, -0.1) is 0 Å². The fourth-order valence-electron chi connectivity index (χ4n) is 3.07. The quantitative estimate of drug-likeness (QED) is 0.871. The molecule has 0 bridgehead atoms. The maximum atomic E-state index is 12.1. The highest BCUT2D eigenvalue weighted by Crippen LogP contribution is 2.18. The first-order valence-corrected chi connectivity index (χ1v) is 7.86. The second kappa shape index (κ2) is 7.11.